The van der Waals surface area contributed by atoms with E-state index in [1.165, 1.54) is 197 Å². The van der Waals surface area contributed by atoms with Crippen LogP contribution in [0.4, 0.5) is 14.5 Å². The smallest absolute Gasteiger partial charge is 0.354 e. The minimum atomic E-state index is -1.17. The second kappa shape index (κ2) is 32.9. The standard InChI is InChI=1S/C26H32FN5O2.C16H13ClFN3O2.C10H20N2.C9H16N2.C6H15N/c1-17(2)24-23-22(31-13-9-18(10-14-31)16-30-11-3-4-12-30)15-21(26(33)34)28-25(23)32(29-24)20-7-5-19(27)6-8-20;1-8(2)14-13-11(17)7-12(16(22)23)19-15(13)21(20-14)10-5-3-9(18)4-6-10;1-2-8-12(7-1)9-10-3-5-11-6-4-10;1-2-5-9-10-6-4-8-11(9)7-3-1;1-4-7(5-2)6-3/h5-8,15,17-18H,3-4,9-14,16H2,1-2H3,(H,33,34);3-8H,1-2H3,(H,22,23);10-11H,1-9H2;1-8H2;4-6H2,1-3H3. The van der Waals surface area contributed by atoms with Crippen LogP contribution in [0.5, 0.6) is 0 Å². The van der Waals surface area contributed by atoms with Crippen molar-refractivity contribution in [3.8, 4) is 11.4 Å². The molecule has 0 unspecified atom stereocenters. The first-order valence-corrected chi connectivity index (χ1v) is 32.9. The number of nitrogens with one attached hydrogen (secondary N) is 1. The van der Waals surface area contributed by atoms with Crippen molar-refractivity contribution in [2.75, 3.05) is 110 Å². The number of amidine groups is 1. The molecule has 0 spiro atoms. The van der Waals surface area contributed by atoms with Gasteiger partial charge in [0.25, 0.3) is 0 Å². The molecular weight excluding hydrogens is 1120 g/mol. The first-order valence-electron chi connectivity index (χ1n) is 32.5. The quantitative estimate of drug-likeness (QED) is 0.0939. The van der Waals surface area contributed by atoms with Gasteiger partial charge < -0.3 is 40.0 Å². The molecule has 0 amide bonds. The van der Waals surface area contributed by atoms with E-state index in [9.17, 15) is 28.6 Å². The largest absolute Gasteiger partial charge is 0.477 e. The van der Waals surface area contributed by atoms with E-state index in [0.717, 1.165) is 55.2 Å². The van der Waals surface area contributed by atoms with Gasteiger partial charge in [-0.25, -0.2) is 37.7 Å². The third-order valence-electron chi connectivity index (χ3n) is 17.7. The van der Waals surface area contributed by atoms with Gasteiger partial charge in [0, 0.05) is 52.2 Å². The van der Waals surface area contributed by atoms with Crippen molar-refractivity contribution in [2.24, 2.45) is 16.8 Å². The highest BCUT2D eigenvalue weighted by molar-refractivity contribution is 6.35. The lowest BCUT2D eigenvalue weighted by Gasteiger charge is -2.35. The van der Waals surface area contributed by atoms with Gasteiger partial charge in [-0.05, 0) is 214 Å². The van der Waals surface area contributed by atoms with E-state index in [2.05, 4.69) is 84.5 Å². The molecule has 87 heavy (non-hydrogen) atoms. The first kappa shape index (κ1) is 66.8. The average Bonchev–Trinajstić information content (AvgIpc) is 1.70. The molecule has 0 radical (unpaired) electrons. The molecule has 5 fully saturated rings. The van der Waals surface area contributed by atoms with Crippen LogP contribution < -0.4 is 10.2 Å². The van der Waals surface area contributed by atoms with Crippen LogP contribution in [-0.4, -0.2) is 182 Å². The number of pyridine rings is 2. The summed E-state index contributed by atoms with van der Waals surface area (Å²) >= 11 is 6.26. The molecule has 4 aromatic heterocycles. The average molecular weight is 1220 g/mol. The molecule has 10 heterocycles. The second-order valence-corrected chi connectivity index (χ2v) is 25.0. The zero-order chi connectivity index (χ0) is 62.0. The maximum atomic E-state index is 13.6. The minimum absolute atomic E-state index is 0.000239. The van der Waals surface area contributed by atoms with E-state index < -0.39 is 11.9 Å². The number of benzene rings is 2. The van der Waals surface area contributed by atoms with Crippen LogP contribution in [0.2, 0.25) is 5.02 Å². The fourth-order valence-corrected chi connectivity index (χ4v) is 13.0. The molecular formula is C67H96ClF2N13O4. The summed E-state index contributed by atoms with van der Waals surface area (Å²) in [6.07, 6.45) is 17.1. The van der Waals surface area contributed by atoms with Crippen LogP contribution in [0.25, 0.3) is 33.4 Å². The van der Waals surface area contributed by atoms with Crippen LogP contribution in [-0.2, 0) is 0 Å². The highest BCUT2D eigenvalue weighted by atomic mass is 35.5. The molecule has 0 atom stereocenters. The number of nitrogens with zero attached hydrogens (tertiary/aromatic N) is 12. The zero-order valence-corrected chi connectivity index (χ0v) is 53.6. The molecule has 20 heteroatoms. The predicted molar refractivity (Wildman–Crippen MR) is 347 cm³/mol. The molecule has 0 bridgehead atoms. The minimum Gasteiger partial charge on any atom is -0.477 e. The Morgan fingerprint density at radius 3 is 1.54 bits per heavy atom. The molecule has 0 saturated carbocycles. The third-order valence-corrected chi connectivity index (χ3v) is 18.0. The highest BCUT2D eigenvalue weighted by Crippen LogP contribution is 2.38. The van der Waals surface area contributed by atoms with Gasteiger partial charge >= 0.3 is 11.9 Å². The maximum absolute atomic E-state index is 13.6. The topological polar surface area (TPSA) is 177 Å². The monoisotopic (exact) mass is 1220 g/mol. The molecule has 0 aliphatic carbocycles. The first-order chi connectivity index (χ1) is 42.0. The summed E-state index contributed by atoms with van der Waals surface area (Å²) in [5.41, 5.74) is 4.38. The number of hydrogen-bond donors (Lipinski definition) is 3. The van der Waals surface area contributed by atoms with E-state index in [1.807, 2.05) is 13.8 Å². The molecule has 2 aromatic carbocycles. The van der Waals surface area contributed by atoms with Crippen LogP contribution in [0.15, 0.2) is 65.7 Å². The number of piperidine rings is 2. The Morgan fingerprint density at radius 2 is 1.06 bits per heavy atom. The van der Waals surface area contributed by atoms with Crippen LogP contribution >= 0.6 is 11.6 Å². The number of fused-ring (bicyclic) bond motifs is 3. The fourth-order valence-electron chi connectivity index (χ4n) is 12.7. The molecule has 3 N–H and O–H groups in total. The van der Waals surface area contributed by atoms with Crippen molar-refractivity contribution in [3.63, 3.8) is 0 Å². The third kappa shape index (κ3) is 18.3. The van der Waals surface area contributed by atoms with Crippen molar-refractivity contribution in [1.29, 1.82) is 0 Å². The number of halogens is 3. The molecule has 6 aromatic rings. The lowest BCUT2D eigenvalue weighted by molar-refractivity contribution is 0.0680. The fraction of sp³-hybridized carbons (Fsp3) is 0.597. The van der Waals surface area contributed by atoms with Gasteiger partial charge in [-0.1, -0.05) is 66.5 Å². The Morgan fingerprint density at radius 1 is 0.598 bits per heavy atom. The van der Waals surface area contributed by atoms with Gasteiger partial charge in [0.05, 0.1) is 50.1 Å². The van der Waals surface area contributed by atoms with Crippen molar-refractivity contribution in [1.82, 2.24) is 54.4 Å². The Hall–Kier alpha value is -6.12. The summed E-state index contributed by atoms with van der Waals surface area (Å²) < 4.78 is 29.8. The summed E-state index contributed by atoms with van der Waals surface area (Å²) in [7, 11) is 0. The van der Waals surface area contributed by atoms with Gasteiger partial charge in [0.1, 0.15) is 11.6 Å². The van der Waals surface area contributed by atoms with E-state index in [0.29, 0.717) is 39.7 Å². The Balaban J connectivity index is 0.000000158. The maximum Gasteiger partial charge on any atom is 0.354 e. The molecule has 17 nitrogen and oxygen atoms in total. The van der Waals surface area contributed by atoms with Crippen molar-refractivity contribution in [3.05, 3.63) is 100 Å². The van der Waals surface area contributed by atoms with Gasteiger partial charge in [0.2, 0.25) is 0 Å². The lowest BCUT2D eigenvalue weighted by atomic mass is 9.95. The van der Waals surface area contributed by atoms with E-state index >= 15 is 0 Å². The number of likely N-dealkylation sites (tertiary alicyclic amines) is 2. The van der Waals surface area contributed by atoms with Crippen LogP contribution in [0, 0.1) is 23.5 Å². The number of aromatic nitrogens is 6. The Bertz CT molecular complexity index is 3150. The van der Waals surface area contributed by atoms with Gasteiger partial charge in [-0.2, -0.15) is 10.2 Å². The van der Waals surface area contributed by atoms with Gasteiger partial charge in [-0.3, -0.25) is 4.99 Å². The van der Waals surface area contributed by atoms with Crippen molar-refractivity contribution < 1.29 is 28.6 Å². The van der Waals surface area contributed by atoms with Crippen molar-refractivity contribution in [2.45, 2.75) is 144 Å². The van der Waals surface area contributed by atoms with Crippen LogP contribution in [0.1, 0.15) is 176 Å². The number of rotatable bonds is 14. The van der Waals surface area contributed by atoms with Crippen LogP contribution in [0.3, 0.4) is 0 Å². The molecule has 474 valence electrons. The van der Waals surface area contributed by atoms with E-state index in [-0.39, 0.29) is 39.9 Å². The highest BCUT2D eigenvalue weighted by Gasteiger charge is 2.29. The Kier molecular flexibility index (Phi) is 25.3. The number of aromatic carboxylic acids is 2. The number of carbonyl (C=O) groups is 2. The normalized spacial score (nSPS) is 17.9. The van der Waals surface area contributed by atoms with Gasteiger partial charge in [0.15, 0.2) is 22.7 Å². The lowest BCUT2D eigenvalue weighted by Crippen LogP contribution is -2.38. The molecule has 12 rings (SSSR count). The summed E-state index contributed by atoms with van der Waals surface area (Å²) in [5, 5.41) is 33.5. The number of carboxylic acids is 2. The summed E-state index contributed by atoms with van der Waals surface area (Å²) in [6, 6.07) is 14.8. The summed E-state index contributed by atoms with van der Waals surface area (Å²) in [5.74, 6) is 0.307. The van der Waals surface area contributed by atoms with E-state index in [4.69, 9.17) is 16.7 Å². The van der Waals surface area contributed by atoms with E-state index in [1.54, 1.807) is 35.0 Å². The van der Waals surface area contributed by atoms with Gasteiger partial charge in [-0.15, -0.1) is 0 Å². The number of carboxylic acid groups (broad SMARTS) is 2. The Labute approximate surface area is 519 Å². The van der Waals surface area contributed by atoms with Crippen molar-refractivity contribution >= 4 is 57.1 Å². The number of hydrogen-bond acceptors (Lipinski definition) is 13. The molecule has 6 aliphatic heterocycles. The second-order valence-electron chi connectivity index (χ2n) is 24.6. The molecule has 5 saturated heterocycles. The number of aliphatic imine (C=N–C) groups is 1. The number of anilines is 1. The molecule has 6 aliphatic rings. The predicted octanol–water partition coefficient (Wildman–Crippen LogP) is 12.8. The summed E-state index contributed by atoms with van der Waals surface area (Å²) in [4.78, 5) is 48.8. The SMILES string of the molecule is C1CCC2=NCCCN2CC1.C1CCN(CC2CCNCC2)C1.CC(C)c1nn(-c2ccc(F)cc2)c2nc(C(=O)O)cc(Cl)c12.CC(C)c1nn(-c2ccc(F)cc2)c2nc(C(=O)O)cc(N3CCC(CN4CCCC4)CC3)c12.CCN(CC)CC. The summed E-state index contributed by atoms with van der Waals surface area (Å²) in [6.45, 7) is 33.8. The zero-order valence-electron chi connectivity index (χ0n) is 52.8.